The minimum absolute atomic E-state index is 0.126. The quantitative estimate of drug-likeness (QED) is 0.794. The van der Waals surface area contributed by atoms with Crippen LogP contribution in [0.15, 0.2) is 24.3 Å². The average Bonchev–Trinajstić information content (AvgIpc) is 2.85. The first-order chi connectivity index (χ1) is 11.1. The maximum absolute atomic E-state index is 13.2. The number of fused-ring (bicyclic) bond motifs is 1. The van der Waals surface area contributed by atoms with Crippen LogP contribution in [0.3, 0.4) is 0 Å². The van der Waals surface area contributed by atoms with Crippen molar-refractivity contribution in [3.63, 3.8) is 0 Å². The number of nitrogens with zero attached hydrogens (tertiary/aromatic N) is 3. The number of halogens is 6. The lowest BCUT2D eigenvalue weighted by molar-refractivity contribution is -0.175. The highest BCUT2D eigenvalue weighted by Crippen LogP contribution is 2.46. The Morgan fingerprint density at radius 2 is 1.71 bits per heavy atom. The second kappa shape index (κ2) is 5.38. The fourth-order valence-corrected chi connectivity index (χ4v) is 3.05. The molecule has 2 aromatic rings. The molecule has 2 atom stereocenters. The summed E-state index contributed by atoms with van der Waals surface area (Å²) in [4.78, 5) is 3.76. The van der Waals surface area contributed by atoms with E-state index in [-0.39, 0.29) is 17.8 Å². The summed E-state index contributed by atoms with van der Waals surface area (Å²) in [5.41, 5.74) is 4.37. The van der Waals surface area contributed by atoms with Gasteiger partial charge in [0.15, 0.2) is 0 Å². The first-order valence-electron chi connectivity index (χ1n) is 7.04. The average molecular weight is 350 g/mol. The van der Waals surface area contributed by atoms with E-state index in [1.165, 1.54) is 18.2 Å². The summed E-state index contributed by atoms with van der Waals surface area (Å²) in [5.74, 6) is -1.54. The molecule has 24 heavy (non-hydrogen) atoms. The van der Waals surface area contributed by atoms with Crippen molar-refractivity contribution in [2.45, 2.75) is 37.2 Å². The first kappa shape index (κ1) is 16.6. The van der Waals surface area contributed by atoms with Gasteiger partial charge in [-0.25, -0.2) is 4.68 Å². The SMILES string of the molecule is Nc1nc2n(n1)C(C(F)(F)F)CCC2c1ccccc1C(F)(F)F. The third kappa shape index (κ3) is 2.80. The molecule has 2 unspecified atom stereocenters. The lowest BCUT2D eigenvalue weighted by atomic mass is 9.85. The Labute approximate surface area is 132 Å². The fourth-order valence-electron chi connectivity index (χ4n) is 3.05. The summed E-state index contributed by atoms with van der Waals surface area (Å²) in [6.45, 7) is 0. The van der Waals surface area contributed by atoms with Crippen molar-refractivity contribution in [2.75, 3.05) is 5.73 Å². The molecule has 1 aliphatic heterocycles. The van der Waals surface area contributed by atoms with Crippen LogP contribution >= 0.6 is 0 Å². The molecular formula is C14H12F6N4. The molecule has 1 aliphatic rings. The molecule has 0 radical (unpaired) electrons. The molecule has 0 amide bonds. The van der Waals surface area contributed by atoms with Gasteiger partial charge >= 0.3 is 12.4 Å². The molecular weight excluding hydrogens is 338 g/mol. The van der Waals surface area contributed by atoms with Crippen molar-refractivity contribution in [1.29, 1.82) is 0 Å². The first-order valence-corrected chi connectivity index (χ1v) is 7.04. The van der Waals surface area contributed by atoms with Crippen molar-refractivity contribution in [3.8, 4) is 0 Å². The number of hydrogen-bond donors (Lipinski definition) is 1. The number of nitrogens with two attached hydrogens (primary N) is 1. The molecule has 2 heterocycles. The highest BCUT2D eigenvalue weighted by atomic mass is 19.4. The normalized spacial score (nSPS) is 21.6. The van der Waals surface area contributed by atoms with Crippen molar-refractivity contribution >= 4 is 5.95 Å². The molecule has 0 saturated heterocycles. The maximum Gasteiger partial charge on any atom is 0.416 e. The molecule has 0 saturated carbocycles. The number of anilines is 1. The van der Waals surface area contributed by atoms with Gasteiger partial charge in [-0.1, -0.05) is 18.2 Å². The molecule has 0 aliphatic carbocycles. The highest BCUT2D eigenvalue weighted by molar-refractivity contribution is 5.38. The van der Waals surface area contributed by atoms with Crippen LogP contribution in [0.4, 0.5) is 32.3 Å². The summed E-state index contributed by atoms with van der Waals surface area (Å²) >= 11 is 0. The molecule has 2 N–H and O–H groups in total. The molecule has 130 valence electrons. The molecule has 4 nitrogen and oxygen atoms in total. The zero-order valence-electron chi connectivity index (χ0n) is 12.1. The van der Waals surface area contributed by atoms with E-state index in [4.69, 9.17) is 5.73 Å². The Morgan fingerprint density at radius 3 is 2.33 bits per heavy atom. The summed E-state index contributed by atoms with van der Waals surface area (Å²) in [6.07, 6.45) is -9.72. The van der Waals surface area contributed by atoms with Crippen LogP contribution < -0.4 is 5.73 Å². The zero-order valence-corrected chi connectivity index (χ0v) is 12.1. The van der Waals surface area contributed by atoms with Crippen molar-refractivity contribution < 1.29 is 26.3 Å². The van der Waals surface area contributed by atoms with Crippen LogP contribution in [0.2, 0.25) is 0 Å². The molecule has 3 rings (SSSR count). The number of hydrogen-bond acceptors (Lipinski definition) is 3. The Hall–Kier alpha value is -2.26. The monoisotopic (exact) mass is 350 g/mol. The van der Waals surface area contributed by atoms with Crippen LogP contribution in [-0.4, -0.2) is 20.9 Å². The Balaban J connectivity index is 2.12. The van der Waals surface area contributed by atoms with Crippen LogP contribution in [-0.2, 0) is 6.18 Å². The zero-order chi connectivity index (χ0) is 17.7. The van der Waals surface area contributed by atoms with Gasteiger partial charge in [-0.3, -0.25) is 0 Å². The third-order valence-corrected chi connectivity index (χ3v) is 4.03. The highest BCUT2D eigenvalue weighted by Gasteiger charge is 2.47. The molecule has 0 fully saturated rings. The van der Waals surface area contributed by atoms with Gasteiger partial charge in [0, 0.05) is 5.92 Å². The van der Waals surface area contributed by atoms with E-state index in [1.807, 2.05) is 0 Å². The smallest absolute Gasteiger partial charge is 0.366 e. The van der Waals surface area contributed by atoms with Crippen LogP contribution in [0.25, 0.3) is 0 Å². The lowest BCUT2D eigenvalue weighted by Crippen LogP contribution is -2.34. The summed E-state index contributed by atoms with van der Waals surface area (Å²) < 4.78 is 79.6. The van der Waals surface area contributed by atoms with Gasteiger partial charge in [0.1, 0.15) is 11.9 Å². The van der Waals surface area contributed by atoms with Gasteiger partial charge in [-0.15, -0.1) is 5.10 Å². The predicted molar refractivity (Wildman–Crippen MR) is 72.0 cm³/mol. The van der Waals surface area contributed by atoms with Crippen molar-refractivity contribution in [2.24, 2.45) is 0 Å². The van der Waals surface area contributed by atoms with E-state index >= 15 is 0 Å². The fraction of sp³-hybridized carbons (Fsp3) is 0.429. The van der Waals surface area contributed by atoms with Crippen LogP contribution in [0, 0.1) is 0 Å². The standard InChI is InChI=1S/C14H12F6N4/c15-13(16,17)9-4-2-1-3-7(9)8-5-6-10(14(18,19)20)24-11(8)22-12(21)23-24/h1-4,8,10H,5-6H2,(H2,21,23). The minimum atomic E-state index is -4.62. The maximum atomic E-state index is 13.2. The largest absolute Gasteiger partial charge is 0.416 e. The summed E-state index contributed by atoms with van der Waals surface area (Å²) in [7, 11) is 0. The van der Waals surface area contributed by atoms with E-state index in [0.717, 1.165) is 6.07 Å². The van der Waals surface area contributed by atoms with Gasteiger partial charge in [0.05, 0.1) is 5.56 Å². The molecule has 0 spiro atoms. The van der Waals surface area contributed by atoms with E-state index in [9.17, 15) is 26.3 Å². The number of alkyl halides is 6. The van der Waals surface area contributed by atoms with E-state index in [1.54, 1.807) is 0 Å². The number of aromatic nitrogens is 3. The lowest BCUT2D eigenvalue weighted by Gasteiger charge is -2.31. The van der Waals surface area contributed by atoms with Gasteiger partial charge in [-0.05, 0) is 24.5 Å². The molecule has 1 aromatic heterocycles. The van der Waals surface area contributed by atoms with Crippen molar-refractivity contribution in [3.05, 3.63) is 41.2 Å². The predicted octanol–water partition coefficient (Wildman–Crippen LogP) is 3.91. The summed E-state index contributed by atoms with van der Waals surface area (Å²) in [5, 5.41) is 3.55. The number of nitrogen functional groups attached to an aromatic ring is 1. The molecule has 1 aromatic carbocycles. The van der Waals surface area contributed by atoms with E-state index in [0.29, 0.717) is 4.68 Å². The van der Waals surface area contributed by atoms with Gasteiger partial charge in [0.2, 0.25) is 5.95 Å². The number of rotatable bonds is 1. The Kier molecular flexibility index (Phi) is 3.72. The van der Waals surface area contributed by atoms with E-state index < -0.39 is 42.2 Å². The molecule has 0 bridgehead atoms. The van der Waals surface area contributed by atoms with Gasteiger partial charge in [-0.2, -0.15) is 31.3 Å². The van der Waals surface area contributed by atoms with Crippen LogP contribution in [0.5, 0.6) is 0 Å². The topological polar surface area (TPSA) is 56.7 Å². The van der Waals surface area contributed by atoms with Crippen LogP contribution in [0.1, 0.15) is 41.8 Å². The number of benzene rings is 1. The molecule has 10 heteroatoms. The second-order valence-corrected chi connectivity index (χ2v) is 5.55. The van der Waals surface area contributed by atoms with Crippen molar-refractivity contribution in [1.82, 2.24) is 14.8 Å². The van der Waals surface area contributed by atoms with Gasteiger partial charge in [0.25, 0.3) is 0 Å². The van der Waals surface area contributed by atoms with Gasteiger partial charge < -0.3 is 5.73 Å². The second-order valence-electron chi connectivity index (χ2n) is 5.55. The summed E-state index contributed by atoms with van der Waals surface area (Å²) in [6, 6.07) is 2.84. The van der Waals surface area contributed by atoms with E-state index in [2.05, 4.69) is 10.1 Å². The Bertz CT molecular complexity index is 748. The Morgan fingerprint density at radius 1 is 1.04 bits per heavy atom. The third-order valence-electron chi connectivity index (χ3n) is 4.03. The minimum Gasteiger partial charge on any atom is -0.366 e.